The molecular formula is C17H25N3O. The molecule has 0 N–H and O–H groups in total. The lowest BCUT2D eigenvalue weighted by Crippen LogP contribution is -2.38. The monoisotopic (exact) mass is 287 g/mol. The van der Waals surface area contributed by atoms with Gasteiger partial charge in [-0.3, -0.25) is 4.79 Å². The second-order valence-electron chi connectivity index (χ2n) is 8.09. The minimum atomic E-state index is 0.0787. The summed E-state index contributed by atoms with van der Waals surface area (Å²) in [5.41, 5.74) is 2.00. The van der Waals surface area contributed by atoms with E-state index >= 15 is 0 Å². The molecule has 1 aromatic heterocycles. The molecule has 2 atom stereocenters. The fourth-order valence-corrected chi connectivity index (χ4v) is 4.67. The van der Waals surface area contributed by atoms with E-state index in [2.05, 4.69) is 35.6 Å². The lowest BCUT2D eigenvalue weighted by Gasteiger charge is -2.39. The first kappa shape index (κ1) is 14.5. The van der Waals surface area contributed by atoms with Crippen LogP contribution in [0.4, 0.5) is 0 Å². The molecule has 2 heterocycles. The predicted octanol–water partition coefficient (Wildman–Crippen LogP) is 3.13. The molecule has 0 radical (unpaired) electrons. The van der Waals surface area contributed by atoms with Crippen molar-refractivity contribution >= 4 is 5.91 Å². The second-order valence-corrected chi connectivity index (χ2v) is 8.09. The van der Waals surface area contributed by atoms with Gasteiger partial charge in [0.1, 0.15) is 11.5 Å². The van der Waals surface area contributed by atoms with Crippen LogP contribution in [0.25, 0.3) is 0 Å². The molecule has 114 valence electrons. The number of amides is 1. The van der Waals surface area contributed by atoms with Crippen molar-refractivity contribution in [2.45, 2.75) is 59.9 Å². The van der Waals surface area contributed by atoms with E-state index in [9.17, 15) is 4.79 Å². The van der Waals surface area contributed by atoms with Gasteiger partial charge >= 0.3 is 0 Å². The molecule has 2 bridgehead atoms. The summed E-state index contributed by atoms with van der Waals surface area (Å²) in [7, 11) is 0. The van der Waals surface area contributed by atoms with Crippen molar-refractivity contribution in [3.63, 3.8) is 0 Å². The third-order valence-electron chi connectivity index (χ3n) is 4.86. The lowest BCUT2D eigenvalue weighted by molar-refractivity contribution is 0.0701. The second kappa shape index (κ2) is 4.52. The Labute approximate surface area is 127 Å². The first-order valence-electron chi connectivity index (χ1n) is 7.81. The van der Waals surface area contributed by atoms with Crippen molar-refractivity contribution in [1.29, 1.82) is 0 Å². The molecule has 4 nitrogen and oxygen atoms in total. The average Bonchev–Trinajstić information content (AvgIpc) is 2.56. The van der Waals surface area contributed by atoms with Crippen LogP contribution >= 0.6 is 0 Å². The van der Waals surface area contributed by atoms with Crippen molar-refractivity contribution in [1.82, 2.24) is 14.9 Å². The molecule has 3 rings (SSSR count). The molecule has 0 aromatic carbocycles. The maximum absolute atomic E-state index is 12.9. The van der Waals surface area contributed by atoms with Gasteiger partial charge in [-0.15, -0.1) is 0 Å². The van der Waals surface area contributed by atoms with Gasteiger partial charge in [-0.1, -0.05) is 20.8 Å². The largest absolute Gasteiger partial charge is 0.334 e. The highest BCUT2D eigenvalue weighted by atomic mass is 16.2. The molecule has 1 saturated carbocycles. The summed E-state index contributed by atoms with van der Waals surface area (Å²) in [4.78, 5) is 23.6. The Kier molecular flexibility index (Phi) is 3.12. The molecular weight excluding hydrogens is 262 g/mol. The lowest BCUT2D eigenvalue weighted by atomic mass is 9.65. The molecule has 0 spiro atoms. The Hall–Kier alpha value is -1.45. The summed E-state index contributed by atoms with van der Waals surface area (Å²) in [6.45, 7) is 11.6. The van der Waals surface area contributed by atoms with Crippen LogP contribution in [0.5, 0.6) is 0 Å². The van der Waals surface area contributed by atoms with Crippen LogP contribution in [0.2, 0.25) is 0 Å². The predicted molar refractivity (Wildman–Crippen MR) is 82.1 cm³/mol. The molecule has 1 saturated heterocycles. The van der Waals surface area contributed by atoms with Gasteiger partial charge < -0.3 is 4.90 Å². The van der Waals surface area contributed by atoms with E-state index in [0.29, 0.717) is 23.0 Å². The molecule has 2 aliphatic rings. The van der Waals surface area contributed by atoms with E-state index in [0.717, 1.165) is 25.1 Å². The van der Waals surface area contributed by atoms with Crippen LogP contribution in [0.15, 0.2) is 6.07 Å². The zero-order chi connectivity index (χ0) is 15.4. The zero-order valence-corrected chi connectivity index (χ0v) is 13.7. The van der Waals surface area contributed by atoms with E-state index in [1.165, 1.54) is 6.42 Å². The quantitative estimate of drug-likeness (QED) is 0.797. The van der Waals surface area contributed by atoms with Gasteiger partial charge in [0.05, 0.1) is 0 Å². The minimum absolute atomic E-state index is 0.0787. The number of hydrogen-bond acceptors (Lipinski definition) is 3. The fourth-order valence-electron chi connectivity index (χ4n) is 4.67. The normalized spacial score (nSPS) is 30.5. The van der Waals surface area contributed by atoms with Crippen LogP contribution in [-0.2, 0) is 0 Å². The highest BCUT2D eigenvalue weighted by Gasteiger charge is 2.51. The Morgan fingerprint density at radius 2 is 1.95 bits per heavy atom. The summed E-state index contributed by atoms with van der Waals surface area (Å²) in [6, 6.07) is 2.17. The number of carbonyl (C=O) groups is 1. The van der Waals surface area contributed by atoms with Gasteiger partial charge in [-0.25, -0.2) is 9.97 Å². The van der Waals surface area contributed by atoms with E-state index in [1.54, 1.807) is 0 Å². The maximum atomic E-state index is 12.9. The van der Waals surface area contributed by atoms with Gasteiger partial charge in [0.15, 0.2) is 0 Å². The van der Waals surface area contributed by atoms with Crippen LogP contribution in [0.1, 0.15) is 62.0 Å². The maximum Gasteiger partial charge on any atom is 0.272 e. The standard InChI is InChI=1S/C17H25N3O/c1-11-6-14(19-12(2)18-11)15(21)20-10-17(5)8-13(20)7-16(3,4)9-17/h6,13H,7-10H2,1-5H3/t13-,17-/m1/s1. The molecule has 1 amide bonds. The summed E-state index contributed by atoms with van der Waals surface area (Å²) >= 11 is 0. The average molecular weight is 287 g/mol. The SMILES string of the molecule is Cc1cc(C(=O)N2C[C@]3(C)C[C@H]2CC(C)(C)C3)nc(C)n1. The summed E-state index contributed by atoms with van der Waals surface area (Å²) in [5, 5.41) is 0. The zero-order valence-electron chi connectivity index (χ0n) is 13.7. The Balaban J connectivity index is 1.89. The summed E-state index contributed by atoms with van der Waals surface area (Å²) in [5.74, 6) is 0.752. The van der Waals surface area contributed by atoms with Gasteiger partial charge in [0.25, 0.3) is 5.91 Å². The summed E-state index contributed by atoms with van der Waals surface area (Å²) in [6.07, 6.45) is 3.42. The van der Waals surface area contributed by atoms with Crippen LogP contribution in [0.3, 0.4) is 0 Å². The smallest absolute Gasteiger partial charge is 0.272 e. The molecule has 2 fully saturated rings. The van der Waals surface area contributed by atoms with E-state index < -0.39 is 0 Å². The van der Waals surface area contributed by atoms with Crippen molar-refractivity contribution in [3.8, 4) is 0 Å². The molecule has 21 heavy (non-hydrogen) atoms. The van der Waals surface area contributed by atoms with Crippen LogP contribution in [0, 0.1) is 24.7 Å². The molecule has 0 unspecified atom stereocenters. The number of aromatic nitrogens is 2. The molecule has 1 aliphatic carbocycles. The minimum Gasteiger partial charge on any atom is -0.334 e. The van der Waals surface area contributed by atoms with Crippen molar-refractivity contribution in [3.05, 3.63) is 23.3 Å². The third kappa shape index (κ3) is 2.68. The number of carbonyl (C=O) groups excluding carboxylic acids is 1. The van der Waals surface area contributed by atoms with Gasteiger partial charge in [0, 0.05) is 18.3 Å². The highest BCUT2D eigenvalue weighted by molar-refractivity contribution is 5.93. The number of fused-ring (bicyclic) bond motifs is 2. The molecule has 4 heteroatoms. The van der Waals surface area contributed by atoms with Crippen molar-refractivity contribution in [2.75, 3.05) is 6.54 Å². The van der Waals surface area contributed by atoms with Crippen molar-refractivity contribution in [2.24, 2.45) is 10.8 Å². The number of likely N-dealkylation sites (tertiary alicyclic amines) is 1. The van der Waals surface area contributed by atoms with E-state index in [4.69, 9.17) is 0 Å². The first-order valence-corrected chi connectivity index (χ1v) is 7.81. The Morgan fingerprint density at radius 1 is 1.24 bits per heavy atom. The van der Waals surface area contributed by atoms with Gasteiger partial charge in [-0.05, 0) is 50.0 Å². The molecule has 1 aromatic rings. The third-order valence-corrected chi connectivity index (χ3v) is 4.86. The molecule has 1 aliphatic heterocycles. The van der Waals surface area contributed by atoms with Crippen molar-refractivity contribution < 1.29 is 4.79 Å². The topological polar surface area (TPSA) is 46.1 Å². The Bertz CT molecular complexity index is 575. The first-order chi connectivity index (χ1) is 9.67. The number of nitrogens with zero attached hydrogens (tertiary/aromatic N) is 3. The number of rotatable bonds is 1. The van der Waals surface area contributed by atoms with Gasteiger partial charge in [0.2, 0.25) is 0 Å². The highest BCUT2D eigenvalue weighted by Crippen LogP contribution is 2.52. The van der Waals surface area contributed by atoms with Gasteiger partial charge in [-0.2, -0.15) is 0 Å². The van der Waals surface area contributed by atoms with E-state index in [1.807, 2.05) is 19.9 Å². The van der Waals surface area contributed by atoms with Crippen LogP contribution in [-0.4, -0.2) is 33.4 Å². The van der Waals surface area contributed by atoms with Crippen LogP contribution < -0.4 is 0 Å². The fraction of sp³-hybridized carbons (Fsp3) is 0.706. The van der Waals surface area contributed by atoms with E-state index in [-0.39, 0.29) is 11.3 Å². The summed E-state index contributed by atoms with van der Waals surface area (Å²) < 4.78 is 0. The number of hydrogen-bond donors (Lipinski definition) is 0. The number of aryl methyl sites for hydroxylation is 2. The Morgan fingerprint density at radius 3 is 2.62 bits per heavy atom.